The van der Waals surface area contributed by atoms with E-state index in [4.69, 9.17) is 4.74 Å². The molecule has 0 N–H and O–H groups in total. The Labute approximate surface area is 155 Å². The minimum atomic E-state index is 0.499. The summed E-state index contributed by atoms with van der Waals surface area (Å²) in [6, 6.07) is 25.6. The molecule has 0 fully saturated rings. The summed E-state index contributed by atoms with van der Waals surface area (Å²) in [5, 5.41) is 0. The molecule has 130 valence electrons. The molecule has 0 radical (unpaired) electrons. The molecular weight excluding hydrogens is 318 g/mol. The fourth-order valence-electron chi connectivity index (χ4n) is 3.59. The summed E-state index contributed by atoms with van der Waals surface area (Å²) in [5.74, 6) is 1.38. The molecule has 1 unspecified atom stereocenters. The summed E-state index contributed by atoms with van der Waals surface area (Å²) < 4.78 is 5.34. The smallest absolute Gasteiger partial charge is 0.119 e. The molecule has 3 aromatic rings. The van der Waals surface area contributed by atoms with Gasteiger partial charge in [0.2, 0.25) is 0 Å². The molecule has 1 aliphatic heterocycles. The van der Waals surface area contributed by atoms with Crippen molar-refractivity contribution < 1.29 is 4.74 Å². The van der Waals surface area contributed by atoms with Crippen molar-refractivity contribution in [1.29, 1.82) is 0 Å². The molecule has 0 saturated heterocycles. The Morgan fingerprint density at radius 3 is 2.46 bits per heavy atom. The topological polar surface area (TPSA) is 12.5 Å². The van der Waals surface area contributed by atoms with E-state index >= 15 is 0 Å². The van der Waals surface area contributed by atoms with E-state index in [0.717, 1.165) is 17.7 Å². The summed E-state index contributed by atoms with van der Waals surface area (Å²) in [7, 11) is 1.70. The molecule has 1 heterocycles. The lowest BCUT2D eigenvalue weighted by Gasteiger charge is -2.30. The lowest BCUT2D eigenvalue weighted by molar-refractivity contribution is 0.415. The molecular formula is C24H23NO. The van der Waals surface area contributed by atoms with Gasteiger partial charge in [0.25, 0.3) is 0 Å². The van der Waals surface area contributed by atoms with Crippen molar-refractivity contribution in [3.63, 3.8) is 0 Å². The maximum absolute atomic E-state index is 5.34. The number of benzene rings is 3. The van der Waals surface area contributed by atoms with Gasteiger partial charge < -0.3 is 9.64 Å². The normalized spacial score (nSPS) is 15.6. The van der Waals surface area contributed by atoms with Gasteiger partial charge in [-0.1, -0.05) is 55.5 Å². The fourth-order valence-corrected chi connectivity index (χ4v) is 3.59. The molecule has 1 atom stereocenters. The number of anilines is 2. The molecule has 0 aromatic heterocycles. The number of hydrogen-bond acceptors (Lipinski definition) is 2. The van der Waals surface area contributed by atoms with Gasteiger partial charge >= 0.3 is 0 Å². The Hall–Kier alpha value is -3.00. The van der Waals surface area contributed by atoms with E-state index in [-0.39, 0.29) is 0 Å². The first-order valence-corrected chi connectivity index (χ1v) is 9.11. The van der Waals surface area contributed by atoms with Crippen LogP contribution in [0.25, 0.3) is 11.1 Å². The summed E-state index contributed by atoms with van der Waals surface area (Å²) in [5.41, 5.74) is 6.20. The van der Waals surface area contributed by atoms with Crippen LogP contribution in [-0.2, 0) is 0 Å². The van der Waals surface area contributed by atoms with Gasteiger partial charge in [0.1, 0.15) is 5.75 Å². The van der Waals surface area contributed by atoms with Crippen LogP contribution >= 0.6 is 0 Å². The maximum Gasteiger partial charge on any atom is 0.119 e. The monoisotopic (exact) mass is 341 g/mol. The minimum absolute atomic E-state index is 0.499. The lowest BCUT2D eigenvalue weighted by Crippen LogP contribution is -2.16. The highest BCUT2D eigenvalue weighted by Gasteiger charge is 2.20. The van der Waals surface area contributed by atoms with Gasteiger partial charge in [0, 0.05) is 23.5 Å². The molecule has 2 heteroatoms. The average molecular weight is 341 g/mol. The first-order valence-electron chi connectivity index (χ1n) is 9.11. The van der Waals surface area contributed by atoms with E-state index in [1.54, 1.807) is 7.11 Å². The van der Waals surface area contributed by atoms with E-state index in [1.807, 2.05) is 12.1 Å². The first-order chi connectivity index (χ1) is 12.8. The molecule has 2 nitrogen and oxygen atoms in total. The Balaban J connectivity index is 1.67. The predicted octanol–water partition coefficient (Wildman–Crippen LogP) is 6.52. The number of para-hydroxylation sites is 1. The number of fused-ring (bicyclic) bond motifs is 1. The standard InChI is InChI=1S/C24H23NO/c1-3-18-15-16-25(24-10-5-4-9-23(18)24)21-13-11-19(12-14-21)20-7-6-8-22(17-20)26-2/h4-18H,3H2,1-2H3. The predicted molar refractivity (Wildman–Crippen MR) is 109 cm³/mol. The second-order valence-electron chi connectivity index (χ2n) is 6.56. The zero-order valence-corrected chi connectivity index (χ0v) is 15.2. The number of nitrogens with zero attached hydrogens (tertiary/aromatic N) is 1. The van der Waals surface area contributed by atoms with Crippen LogP contribution in [0.5, 0.6) is 5.75 Å². The molecule has 0 bridgehead atoms. The third-order valence-corrected chi connectivity index (χ3v) is 5.05. The van der Waals surface area contributed by atoms with Crippen molar-refractivity contribution in [3.05, 3.63) is 90.6 Å². The van der Waals surface area contributed by atoms with E-state index in [2.05, 4.69) is 84.8 Å². The summed E-state index contributed by atoms with van der Waals surface area (Å²) in [6.07, 6.45) is 5.63. The first kappa shape index (κ1) is 16.5. The molecule has 0 aliphatic carbocycles. The maximum atomic E-state index is 5.34. The molecule has 4 rings (SSSR count). The van der Waals surface area contributed by atoms with Crippen molar-refractivity contribution in [1.82, 2.24) is 0 Å². The van der Waals surface area contributed by atoms with Crippen LogP contribution in [0.15, 0.2) is 85.1 Å². The van der Waals surface area contributed by atoms with Gasteiger partial charge in [0.05, 0.1) is 7.11 Å². The second-order valence-corrected chi connectivity index (χ2v) is 6.56. The molecule has 3 aromatic carbocycles. The number of methoxy groups -OCH3 is 1. The van der Waals surface area contributed by atoms with Crippen LogP contribution in [-0.4, -0.2) is 7.11 Å². The van der Waals surface area contributed by atoms with Crippen LogP contribution in [0.3, 0.4) is 0 Å². The number of allylic oxidation sites excluding steroid dienone is 1. The third kappa shape index (κ3) is 2.99. The number of ether oxygens (including phenoxy) is 1. The Bertz CT molecular complexity index is 927. The van der Waals surface area contributed by atoms with Crippen LogP contribution in [0.4, 0.5) is 11.4 Å². The molecule has 0 saturated carbocycles. The summed E-state index contributed by atoms with van der Waals surface area (Å²) in [4.78, 5) is 2.27. The van der Waals surface area contributed by atoms with Gasteiger partial charge in [0.15, 0.2) is 0 Å². The zero-order chi connectivity index (χ0) is 17.9. The highest BCUT2D eigenvalue weighted by Crippen LogP contribution is 2.39. The van der Waals surface area contributed by atoms with Gasteiger partial charge in [-0.15, -0.1) is 0 Å². The highest BCUT2D eigenvalue weighted by atomic mass is 16.5. The minimum Gasteiger partial charge on any atom is -0.497 e. The van der Waals surface area contributed by atoms with Crippen LogP contribution in [0.2, 0.25) is 0 Å². The van der Waals surface area contributed by atoms with E-state index in [9.17, 15) is 0 Å². The van der Waals surface area contributed by atoms with Crippen LogP contribution < -0.4 is 9.64 Å². The van der Waals surface area contributed by atoms with Gasteiger partial charge in [-0.25, -0.2) is 0 Å². The van der Waals surface area contributed by atoms with Gasteiger partial charge in [-0.3, -0.25) is 0 Å². The summed E-state index contributed by atoms with van der Waals surface area (Å²) in [6.45, 7) is 2.24. The quantitative estimate of drug-likeness (QED) is 0.535. The van der Waals surface area contributed by atoms with Crippen molar-refractivity contribution in [3.8, 4) is 16.9 Å². The Morgan fingerprint density at radius 1 is 0.885 bits per heavy atom. The lowest BCUT2D eigenvalue weighted by atomic mass is 9.91. The Morgan fingerprint density at radius 2 is 1.69 bits per heavy atom. The van der Waals surface area contributed by atoms with Crippen molar-refractivity contribution in [2.45, 2.75) is 19.3 Å². The molecule has 0 amide bonds. The summed E-state index contributed by atoms with van der Waals surface area (Å²) >= 11 is 0. The van der Waals surface area contributed by atoms with Gasteiger partial charge in [-0.05, 0) is 53.4 Å². The van der Waals surface area contributed by atoms with Crippen molar-refractivity contribution in [2.24, 2.45) is 0 Å². The highest BCUT2D eigenvalue weighted by molar-refractivity contribution is 5.74. The van der Waals surface area contributed by atoms with Crippen LogP contribution in [0, 0.1) is 0 Å². The van der Waals surface area contributed by atoms with E-state index in [1.165, 1.54) is 22.5 Å². The van der Waals surface area contributed by atoms with Crippen molar-refractivity contribution in [2.75, 3.05) is 12.0 Å². The SMILES string of the molecule is CCC1C=CN(c2ccc(-c3cccc(OC)c3)cc2)c2ccccc21. The van der Waals surface area contributed by atoms with Crippen LogP contribution in [0.1, 0.15) is 24.8 Å². The fraction of sp³-hybridized carbons (Fsp3) is 0.167. The van der Waals surface area contributed by atoms with E-state index < -0.39 is 0 Å². The number of rotatable bonds is 4. The largest absolute Gasteiger partial charge is 0.497 e. The molecule has 1 aliphatic rings. The van der Waals surface area contributed by atoms with Crippen molar-refractivity contribution >= 4 is 11.4 Å². The number of hydrogen-bond donors (Lipinski definition) is 0. The third-order valence-electron chi connectivity index (χ3n) is 5.05. The van der Waals surface area contributed by atoms with E-state index in [0.29, 0.717) is 5.92 Å². The zero-order valence-electron chi connectivity index (χ0n) is 15.2. The second kappa shape index (κ2) is 7.09. The van der Waals surface area contributed by atoms with Gasteiger partial charge in [-0.2, -0.15) is 0 Å². The Kier molecular flexibility index (Phi) is 4.49. The molecule has 26 heavy (non-hydrogen) atoms. The molecule has 0 spiro atoms. The average Bonchev–Trinajstić information content (AvgIpc) is 2.73.